The Morgan fingerprint density at radius 3 is 2.81 bits per heavy atom. The highest BCUT2D eigenvalue weighted by Gasteiger charge is 2.15. The van der Waals surface area contributed by atoms with Gasteiger partial charge in [0.1, 0.15) is 0 Å². The van der Waals surface area contributed by atoms with Crippen LogP contribution in [0.3, 0.4) is 0 Å². The van der Waals surface area contributed by atoms with Crippen LogP contribution in [0.15, 0.2) is 46.2 Å². The largest absolute Gasteiger partial charge is 0.414 e. The second-order valence-electron chi connectivity index (χ2n) is 6.36. The van der Waals surface area contributed by atoms with Crippen molar-refractivity contribution in [3.63, 3.8) is 0 Å². The van der Waals surface area contributed by atoms with Gasteiger partial charge < -0.3 is 4.42 Å². The zero-order valence-corrected chi connectivity index (χ0v) is 16.2. The zero-order chi connectivity index (χ0) is 17.9. The van der Waals surface area contributed by atoms with Crippen molar-refractivity contribution in [3.05, 3.63) is 68.8 Å². The van der Waals surface area contributed by atoms with E-state index in [9.17, 15) is 0 Å². The van der Waals surface area contributed by atoms with E-state index in [0.29, 0.717) is 23.8 Å². The minimum Gasteiger partial charge on any atom is -0.414 e. The summed E-state index contributed by atoms with van der Waals surface area (Å²) in [6.07, 6.45) is 3.90. The highest BCUT2D eigenvalue weighted by Crippen LogP contribution is 2.22. The van der Waals surface area contributed by atoms with Crippen LogP contribution in [-0.4, -0.2) is 32.8 Å². The molecule has 0 unspecified atom stereocenters. The lowest BCUT2D eigenvalue weighted by Crippen LogP contribution is -2.31. The predicted molar refractivity (Wildman–Crippen MR) is 106 cm³/mol. The van der Waals surface area contributed by atoms with Gasteiger partial charge in [0.2, 0.25) is 5.89 Å². The first-order valence-corrected chi connectivity index (χ1v) is 9.91. The summed E-state index contributed by atoms with van der Waals surface area (Å²) in [5, 5.41) is 7.62. The Kier molecular flexibility index (Phi) is 5.10. The summed E-state index contributed by atoms with van der Waals surface area (Å²) in [4.78, 5) is 7.20. The molecule has 0 saturated carbocycles. The molecule has 0 spiro atoms. The second kappa shape index (κ2) is 7.65. The Hall–Kier alpha value is -2.09. The number of hydrogen-bond donors (Lipinski definition) is 0. The minimum absolute atomic E-state index is 0.421. The van der Waals surface area contributed by atoms with Crippen LogP contribution in [0.2, 0.25) is 0 Å². The molecule has 0 bridgehead atoms. The van der Waals surface area contributed by atoms with Crippen molar-refractivity contribution in [1.82, 2.24) is 19.7 Å². The number of hydrogen-bond acceptors (Lipinski definition) is 6. The Bertz CT molecular complexity index is 971. The number of rotatable bonds is 5. The summed E-state index contributed by atoms with van der Waals surface area (Å²) < 4.78 is 7.42. The SMILES string of the molecule is Cc1nc(Cc2nn(CN3CC=C(c4ccccc4)CC3)c(=S)o2)cs1. The minimum atomic E-state index is 0.421. The fraction of sp³-hybridized carbons (Fsp3) is 0.316. The molecule has 7 heteroatoms. The molecule has 0 amide bonds. The lowest BCUT2D eigenvalue weighted by atomic mass is 10.00. The van der Waals surface area contributed by atoms with Gasteiger partial charge in [-0.1, -0.05) is 36.4 Å². The van der Waals surface area contributed by atoms with E-state index in [-0.39, 0.29) is 0 Å². The predicted octanol–water partition coefficient (Wildman–Crippen LogP) is 4.31. The first-order chi connectivity index (χ1) is 12.7. The van der Waals surface area contributed by atoms with Gasteiger partial charge in [0.05, 0.1) is 23.8 Å². The molecule has 3 heterocycles. The van der Waals surface area contributed by atoms with E-state index in [1.165, 1.54) is 11.1 Å². The van der Waals surface area contributed by atoms with E-state index < -0.39 is 0 Å². The number of nitrogens with zero attached hydrogens (tertiary/aromatic N) is 4. The van der Waals surface area contributed by atoms with Crippen LogP contribution in [0.4, 0.5) is 0 Å². The second-order valence-corrected chi connectivity index (χ2v) is 7.77. The topological polar surface area (TPSA) is 47.1 Å². The highest BCUT2D eigenvalue weighted by molar-refractivity contribution is 7.71. The van der Waals surface area contributed by atoms with Crippen LogP contribution in [0, 0.1) is 11.8 Å². The quantitative estimate of drug-likeness (QED) is 0.614. The van der Waals surface area contributed by atoms with Crippen LogP contribution >= 0.6 is 23.6 Å². The smallest absolute Gasteiger partial charge is 0.288 e. The Labute approximate surface area is 161 Å². The van der Waals surface area contributed by atoms with Crippen LogP contribution in [-0.2, 0) is 13.1 Å². The Morgan fingerprint density at radius 2 is 2.12 bits per heavy atom. The average Bonchev–Trinajstić information content (AvgIpc) is 3.22. The third-order valence-electron chi connectivity index (χ3n) is 4.42. The summed E-state index contributed by atoms with van der Waals surface area (Å²) >= 11 is 6.97. The lowest BCUT2D eigenvalue weighted by molar-refractivity contribution is 0.223. The van der Waals surface area contributed by atoms with Crippen molar-refractivity contribution in [2.45, 2.75) is 26.4 Å². The molecule has 0 fully saturated rings. The summed E-state index contributed by atoms with van der Waals surface area (Å²) in [5.74, 6) is 0.623. The fourth-order valence-corrected chi connectivity index (χ4v) is 3.91. The van der Waals surface area contributed by atoms with E-state index in [0.717, 1.165) is 30.2 Å². The molecular formula is C19H20N4OS2. The van der Waals surface area contributed by atoms with Gasteiger partial charge in [0.15, 0.2) is 0 Å². The van der Waals surface area contributed by atoms with E-state index in [4.69, 9.17) is 16.6 Å². The first kappa shape index (κ1) is 17.3. The molecule has 2 aromatic heterocycles. The maximum atomic E-state index is 5.65. The standard InChI is InChI=1S/C19H20N4OS2/c1-14-20-17(12-26-14)11-18-21-23(19(25)24-18)13-22-9-7-16(8-10-22)15-5-3-2-4-6-15/h2-7,12H,8-11,13H2,1H3. The van der Waals surface area contributed by atoms with Crippen molar-refractivity contribution < 1.29 is 4.42 Å². The third kappa shape index (κ3) is 4.00. The summed E-state index contributed by atoms with van der Waals surface area (Å²) in [6, 6.07) is 10.6. The normalized spacial score (nSPS) is 15.2. The monoisotopic (exact) mass is 384 g/mol. The summed E-state index contributed by atoms with van der Waals surface area (Å²) in [6.45, 7) is 4.52. The van der Waals surface area contributed by atoms with Crippen molar-refractivity contribution in [2.24, 2.45) is 0 Å². The lowest BCUT2D eigenvalue weighted by Gasteiger charge is -2.25. The number of benzene rings is 1. The fourth-order valence-electron chi connectivity index (χ4n) is 3.10. The molecule has 0 radical (unpaired) electrons. The number of thiazole rings is 1. The van der Waals surface area contributed by atoms with E-state index in [1.54, 1.807) is 16.0 Å². The summed E-state index contributed by atoms with van der Waals surface area (Å²) in [5.41, 5.74) is 3.69. The molecule has 0 aliphatic carbocycles. The van der Waals surface area contributed by atoms with Crippen LogP contribution in [0.25, 0.3) is 5.57 Å². The number of aromatic nitrogens is 3. The Balaban J connectivity index is 1.41. The van der Waals surface area contributed by atoms with Gasteiger partial charge in [-0.2, -0.15) is 0 Å². The molecule has 1 aliphatic rings. The molecule has 5 nitrogen and oxygen atoms in total. The van der Waals surface area contributed by atoms with Crippen LogP contribution in [0.1, 0.15) is 28.6 Å². The molecule has 26 heavy (non-hydrogen) atoms. The molecular weight excluding hydrogens is 364 g/mol. The zero-order valence-electron chi connectivity index (χ0n) is 14.6. The van der Waals surface area contributed by atoms with Crippen molar-refractivity contribution in [1.29, 1.82) is 0 Å². The van der Waals surface area contributed by atoms with Crippen LogP contribution in [0.5, 0.6) is 0 Å². The van der Waals surface area contributed by atoms with Crippen molar-refractivity contribution in [2.75, 3.05) is 13.1 Å². The van der Waals surface area contributed by atoms with E-state index >= 15 is 0 Å². The molecule has 3 aromatic rings. The van der Waals surface area contributed by atoms with Gasteiger partial charge in [-0.05, 0) is 36.7 Å². The Morgan fingerprint density at radius 1 is 1.27 bits per heavy atom. The molecule has 1 aliphatic heterocycles. The maximum absolute atomic E-state index is 5.65. The van der Waals surface area contributed by atoms with Crippen molar-refractivity contribution in [3.8, 4) is 0 Å². The van der Waals surface area contributed by atoms with Gasteiger partial charge in [0.25, 0.3) is 4.84 Å². The molecule has 1 aromatic carbocycles. The molecule has 0 atom stereocenters. The van der Waals surface area contributed by atoms with Gasteiger partial charge in [-0.15, -0.1) is 16.4 Å². The molecule has 4 rings (SSSR count). The molecule has 0 N–H and O–H groups in total. The first-order valence-electron chi connectivity index (χ1n) is 8.62. The van der Waals surface area contributed by atoms with E-state index in [1.807, 2.05) is 12.3 Å². The highest BCUT2D eigenvalue weighted by atomic mass is 32.1. The van der Waals surface area contributed by atoms with Gasteiger partial charge >= 0.3 is 0 Å². The molecule has 134 valence electrons. The average molecular weight is 385 g/mol. The van der Waals surface area contributed by atoms with E-state index in [2.05, 4.69) is 51.4 Å². The van der Waals surface area contributed by atoms with Gasteiger partial charge in [-0.3, -0.25) is 4.90 Å². The summed E-state index contributed by atoms with van der Waals surface area (Å²) in [7, 11) is 0. The number of aryl methyl sites for hydroxylation is 1. The molecule has 0 saturated heterocycles. The maximum Gasteiger partial charge on any atom is 0.288 e. The van der Waals surface area contributed by atoms with Crippen molar-refractivity contribution >= 4 is 29.1 Å². The van der Waals surface area contributed by atoms with Gasteiger partial charge in [-0.25, -0.2) is 9.67 Å². The van der Waals surface area contributed by atoms with Crippen LogP contribution < -0.4 is 0 Å². The van der Waals surface area contributed by atoms with Gasteiger partial charge in [0, 0.05) is 18.5 Å². The third-order valence-corrected chi connectivity index (χ3v) is 5.54.